The summed E-state index contributed by atoms with van der Waals surface area (Å²) in [6, 6.07) is 8.56. The summed E-state index contributed by atoms with van der Waals surface area (Å²) in [6.45, 7) is 2.23. The molecule has 4 nitrogen and oxygen atoms in total. The molecule has 0 saturated carbocycles. The van der Waals surface area contributed by atoms with Crippen LogP contribution in [0.4, 0.5) is 0 Å². The Morgan fingerprint density at radius 1 is 1.10 bits per heavy atom. The third kappa shape index (κ3) is 2.12. The van der Waals surface area contributed by atoms with Gasteiger partial charge in [0.15, 0.2) is 5.82 Å². The smallest absolute Gasteiger partial charge is 0.168 e. The Bertz CT molecular complexity index is 729. The van der Waals surface area contributed by atoms with E-state index in [9.17, 15) is 0 Å². The van der Waals surface area contributed by atoms with E-state index in [1.165, 1.54) is 22.3 Å². The SMILES string of the molecule is CN1CCC(=C2c3ccccc3C=Cn3cnnc32)CC1. The highest BCUT2D eigenvalue weighted by Gasteiger charge is 2.23. The van der Waals surface area contributed by atoms with Crippen LogP contribution in [0.5, 0.6) is 0 Å². The number of likely N-dealkylation sites (tertiary alicyclic amines) is 1. The average molecular weight is 278 g/mol. The Kier molecular flexibility index (Phi) is 2.97. The molecule has 0 aliphatic carbocycles. The molecular weight excluding hydrogens is 260 g/mol. The predicted octanol–water partition coefficient (Wildman–Crippen LogP) is 2.75. The van der Waals surface area contributed by atoms with E-state index in [0.29, 0.717) is 0 Å². The van der Waals surface area contributed by atoms with E-state index in [0.717, 1.165) is 31.8 Å². The van der Waals surface area contributed by atoms with Crippen LogP contribution in [0.15, 0.2) is 36.2 Å². The highest BCUT2D eigenvalue weighted by atomic mass is 15.3. The molecule has 1 aromatic heterocycles. The standard InChI is InChI=1S/C17H18N4/c1-20-9-6-14(7-10-20)16-15-5-3-2-4-13(15)8-11-21-12-18-19-17(16)21/h2-5,8,11-12H,6-7,9-10H2,1H3. The number of fused-ring (bicyclic) bond motifs is 2. The number of rotatable bonds is 0. The minimum atomic E-state index is 0.968. The number of hydrogen-bond donors (Lipinski definition) is 0. The second-order valence-corrected chi connectivity index (χ2v) is 5.75. The Morgan fingerprint density at radius 2 is 1.90 bits per heavy atom. The molecule has 4 heteroatoms. The molecule has 106 valence electrons. The van der Waals surface area contributed by atoms with Gasteiger partial charge in [-0.05, 0) is 37.1 Å². The van der Waals surface area contributed by atoms with E-state index in [2.05, 4.69) is 58.7 Å². The zero-order chi connectivity index (χ0) is 14.2. The van der Waals surface area contributed by atoms with Gasteiger partial charge in [-0.25, -0.2) is 0 Å². The Labute approximate surface area is 124 Å². The molecule has 0 unspecified atom stereocenters. The van der Waals surface area contributed by atoms with Gasteiger partial charge >= 0.3 is 0 Å². The Morgan fingerprint density at radius 3 is 2.76 bits per heavy atom. The minimum Gasteiger partial charge on any atom is -0.306 e. The van der Waals surface area contributed by atoms with Gasteiger partial charge < -0.3 is 4.90 Å². The molecule has 0 amide bonds. The first-order valence-electron chi connectivity index (χ1n) is 7.41. The fourth-order valence-corrected chi connectivity index (χ4v) is 3.17. The third-order valence-corrected chi connectivity index (χ3v) is 4.39. The van der Waals surface area contributed by atoms with Crippen LogP contribution < -0.4 is 0 Å². The molecule has 4 rings (SSSR count). The maximum Gasteiger partial charge on any atom is 0.168 e. The van der Waals surface area contributed by atoms with Crippen molar-refractivity contribution in [1.82, 2.24) is 19.7 Å². The minimum absolute atomic E-state index is 0.968. The summed E-state index contributed by atoms with van der Waals surface area (Å²) in [6.07, 6.45) is 8.19. The van der Waals surface area contributed by atoms with Crippen molar-refractivity contribution in [2.45, 2.75) is 12.8 Å². The van der Waals surface area contributed by atoms with Crippen molar-refractivity contribution in [3.05, 3.63) is 53.1 Å². The summed E-state index contributed by atoms with van der Waals surface area (Å²) in [4.78, 5) is 2.38. The number of hydrogen-bond acceptors (Lipinski definition) is 3. The molecule has 1 saturated heterocycles. The van der Waals surface area contributed by atoms with E-state index in [1.807, 2.05) is 4.57 Å². The summed E-state index contributed by atoms with van der Waals surface area (Å²) in [5.41, 5.74) is 5.31. The second-order valence-electron chi connectivity index (χ2n) is 5.75. The zero-order valence-electron chi connectivity index (χ0n) is 12.2. The molecule has 0 spiro atoms. The van der Waals surface area contributed by atoms with Gasteiger partial charge in [-0.1, -0.05) is 29.8 Å². The molecule has 2 aliphatic rings. The first kappa shape index (κ1) is 12.5. The molecule has 3 heterocycles. The van der Waals surface area contributed by atoms with Gasteiger partial charge in [0.05, 0.1) is 0 Å². The largest absolute Gasteiger partial charge is 0.306 e. The van der Waals surface area contributed by atoms with Crippen LogP contribution in [-0.2, 0) is 0 Å². The number of nitrogens with zero attached hydrogens (tertiary/aromatic N) is 4. The summed E-state index contributed by atoms with van der Waals surface area (Å²) in [5.74, 6) is 0.968. The highest BCUT2D eigenvalue weighted by Crippen LogP contribution is 2.35. The monoisotopic (exact) mass is 278 g/mol. The van der Waals surface area contributed by atoms with E-state index in [4.69, 9.17) is 0 Å². The Hall–Kier alpha value is -2.20. The summed E-state index contributed by atoms with van der Waals surface area (Å²) < 4.78 is 2.03. The molecule has 0 bridgehead atoms. The summed E-state index contributed by atoms with van der Waals surface area (Å²) in [7, 11) is 2.19. The predicted molar refractivity (Wildman–Crippen MR) is 84.4 cm³/mol. The average Bonchev–Trinajstić information content (AvgIpc) is 2.91. The van der Waals surface area contributed by atoms with Gasteiger partial charge in [-0.2, -0.15) is 0 Å². The Balaban J connectivity index is 1.94. The van der Waals surface area contributed by atoms with E-state index in [-0.39, 0.29) is 0 Å². The van der Waals surface area contributed by atoms with Crippen molar-refractivity contribution in [3.8, 4) is 0 Å². The van der Waals surface area contributed by atoms with Crippen molar-refractivity contribution < 1.29 is 0 Å². The lowest BCUT2D eigenvalue weighted by atomic mass is 9.90. The van der Waals surface area contributed by atoms with Crippen molar-refractivity contribution in [1.29, 1.82) is 0 Å². The van der Waals surface area contributed by atoms with Gasteiger partial charge in [-0.3, -0.25) is 4.57 Å². The normalized spacial score (nSPS) is 18.3. The summed E-state index contributed by atoms with van der Waals surface area (Å²) in [5, 5.41) is 8.48. The first-order chi connectivity index (χ1) is 10.3. The molecule has 21 heavy (non-hydrogen) atoms. The van der Waals surface area contributed by atoms with Gasteiger partial charge in [-0.15, -0.1) is 10.2 Å². The molecule has 0 N–H and O–H groups in total. The molecule has 2 aromatic rings. The lowest BCUT2D eigenvalue weighted by Gasteiger charge is -2.26. The van der Waals surface area contributed by atoms with Crippen LogP contribution in [-0.4, -0.2) is 39.8 Å². The fourth-order valence-electron chi connectivity index (χ4n) is 3.17. The fraction of sp³-hybridized carbons (Fsp3) is 0.294. The van der Waals surface area contributed by atoms with E-state index in [1.54, 1.807) is 6.33 Å². The van der Waals surface area contributed by atoms with Crippen LogP contribution in [0.25, 0.3) is 17.8 Å². The molecule has 1 aromatic carbocycles. The number of piperidine rings is 1. The lowest BCUT2D eigenvalue weighted by molar-refractivity contribution is 0.313. The van der Waals surface area contributed by atoms with Crippen molar-refractivity contribution in [3.63, 3.8) is 0 Å². The molecule has 2 aliphatic heterocycles. The van der Waals surface area contributed by atoms with Crippen LogP contribution in [0, 0.1) is 0 Å². The maximum atomic E-state index is 4.38. The van der Waals surface area contributed by atoms with Gasteiger partial charge in [0.1, 0.15) is 6.33 Å². The third-order valence-electron chi connectivity index (χ3n) is 4.39. The zero-order valence-corrected chi connectivity index (χ0v) is 12.2. The second kappa shape index (κ2) is 4.97. The summed E-state index contributed by atoms with van der Waals surface area (Å²) >= 11 is 0. The topological polar surface area (TPSA) is 34.0 Å². The highest BCUT2D eigenvalue weighted by molar-refractivity contribution is 5.88. The van der Waals surface area contributed by atoms with E-state index >= 15 is 0 Å². The van der Waals surface area contributed by atoms with Gasteiger partial charge in [0.2, 0.25) is 0 Å². The molecular formula is C17H18N4. The van der Waals surface area contributed by atoms with Crippen molar-refractivity contribution in [2.75, 3.05) is 20.1 Å². The first-order valence-corrected chi connectivity index (χ1v) is 7.41. The maximum absolute atomic E-state index is 4.38. The molecule has 0 radical (unpaired) electrons. The van der Waals surface area contributed by atoms with Crippen LogP contribution in [0.1, 0.15) is 29.8 Å². The van der Waals surface area contributed by atoms with E-state index < -0.39 is 0 Å². The lowest BCUT2D eigenvalue weighted by Crippen LogP contribution is -2.27. The van der Waals surface area contributed by atoms with Crippen molar-refractivity contribution >= 4 is 17.8 Å². The van der Waals surface area contributed by atoms with Crippen molar-refractivity contribution in [2.24, 2.45) is 0 Å². The van der Waals surface area contributed by atoms with Crippen LogP contribution in [0.2, 0.25) is 0 Å². The molecule has 1 fully saturated rings. The number of aromatic nitrogens is 3. The van der Waals surface area contributed by atoms with Gasteiger partial charge in [0.25, 0.3) is 0 Å². The van der Waals surface area contributed by atoms with Crippen LogP contribution in [0.3, 0.4) is 0 Å². The van der Waals surface area contributed by atoms with Crippen LogP contribution >= 0.6 is 0 Å². The van der Waals surface area contributed by atoms with Gasteiger partial charge in [0, 0.05) is 24.9 Å². The number of benzene rings is 1. The molecule has 0 atom stereocenters. The quantitative estimate of drug-likeness (QED) is 0.634.